The number of nitrogens with one attached hydrogen (secondary N) is 1. The molecule has 0 saturated heterocycles. The smallest absolute Gasteiger partial charge is 0.217 e. The fourth-order valence-electron chi connectivity index (χ4n) is 3.52. The molecule has 0 amide bonds. The Morgan fingerprint density at radius 1 is 1.03 bits per heavy atom. The second kappa shape index (κ2) is 9.83. The van der Waals surface area contributed by atoms with Crippen LogP contribution in [0.4, 0.5) is 5.69 Å². The normalized spacial score (nSPS) is 12.3. The minimum atomic E-state index is -0.0120. The number of hydrogen-bond donors (Lipinski definition) is 2. The molecule has 0 aliphatic rings. The van der Waals surface area contributed by atoms with Crippen LogP contribution in [0.2, 0.25) is 0 Å². The molecule has 2 heterocycles. The van der Waals surface area contributed by atoms with Gasteiger partial charge in [0, 0.05) is 24.7 Å². The number of anilines is 1. The molecule has 0 aliphatic heterocycles. The first kappa shape index (κ1) is 21.8. The lowest BCUT2D eigenvalue weighted by atomic mass is 10.0. The summed E-state index contributed by atoms with van der Waals surface area (Å²) >= 11 is 0. The Morgan fingerprint density at radius 2 is 1.75 bits per heavy atom. The van der Waals surface area contributed by atoms with Crippen molar-refractivity contribution in [3.63, 3.8) is 0 Å². The minimum absolute atomic E-state index is 0.0120. The van der Waals surface area contributed by atoms with Gasteiger partial charge in [0.15, 0.2) is 5.65 Å². The van der Waals surface area contributed by atoms with E-state index in [4.69, 9.17) is 15.5 Å². The van der Waals surface area contributed by atoms with Crippen LogP contribution in [-0.4, -0.2) is 27.2 Å². The van der Waals surface area contributed by atoms with Crippen LogP contribution < -0.4 is 15.8 Å². The first-order valence-electron chi connectivity index (χ1n) is 11.2. The molecule has 166 valence electrons. The largest absolute Gasteiger partial charge is 0.476 e. The van der Waals surface area contributed by atoms with Gasteiger partial charge in [0.05, 0.1) is 12.0 Å². The van der Waals surface area contributed by atoms with Crippen LogP contribution in [0.25, 0.3) is 22.3 Å². The van der Waals surface area contributed by atoms with E-state index in [-0.39, 0.29) is 12.1 Å². The van der Waals surface area contributed by atoms with Gasteiger partial charge in [0.2, 0.25) is 5.88 Å². The molecule has 4 aromatic rings. The maximum atomic E-state index is 6.03. The SMILES string of the molecule is CC[C@H](N)COc1cc(NCc2ccc(-c3ccccc3)cc2)c2ncn(C(C)C)c2n1. The van der Waals surface area contributed by atoms with E-state index in [2.05, 4.69) is 84.2 Å². The first-order chi connectivity index (χ1) is 15.5. The lowest BCUT2D eigenvalue weighted by Gasteiger charge is -2.14. The number of hydrogen-bond acceptors (Lipinski definition) is 5. The number of rotatable bonds is 9. The summed E-state index contributed by atoms with van der Waals surface area (Å²) in [4.78, 5) is 9.32. The zero-order chi connectivity index (χ0) is 22.5. The molecule has 3 N–H and O–H groups in total. The number of imidazole rings is 1. The van der Waals surface area contributed by atoms with E-state index in [9.17, 15) is 0 Å². The van der Waals surface area contributed by atoms with Gasteiger partial charge < -0.3 is 20.4 Å². The summed E-state index contributed by atoms with van der Waals surface area (Å²) in [5, 5.41) is 3.53. The van der Waals surface area contributed by atoms with Crippen LogP contribution in [0.3, 0.4) is 0 Å². The van der Waals surface area contributed by atoms with Crippen molar-refractivity contribution < 1.29 is 4.74 Å². The third-order valence-electron chi connectivity index (χ3n) is 5.58. The topological polar surface area (TPSA) is 78.0 Å². The molecule has 6 nitrogen and oxygen atoms in total. The van der Waals surface area contributed by atoms with Crippen LogP contribution in [0.5, 0.6) is 5.88 Å². The van der Waals surface area contributed by atoms with Gasteiger partial charge in [0.25, 0.3) is 0 Å². The van der Waals surface area contributed by atoms with Gasteiger partial charge in [-0.2, -0.15) is 4.98 Å². The van der Waals surface area contributed by atoms with Crippen molar-refractivity contribution in [2.24, 2.45) is 5.73 Å². The van der Waals surface area contributed by atoms with E-state index in [1.54, 1.807) is 0 Å². The monoisotopic (exact) mass is 429 g/mol. The average Bonchev–Trinajstić information content (AvgIpc) is 3.26. The van der Waals surface area contributed by atoms with E-state index in [0.717, 1.165) is 23.3 Å². The van der Waals surface area contributed by atoms with Gasteiger partial charge in [-0.15, -0.1) is 0 Å². The third-order valence-corrected chi connectivity index (χ3v) is 5.58. The molecular formula is C26H31N5O. The van der Waals surface area contributed by atoms with Crippen molar-refractivity contribution in [1.29, 1.82) is 0 Å². The lowest BCUT2D eigenvalue weighted by molar-refractivity contribution is 0.276. The van der Waals surface area contributed by atoms with Crippen molar-refractivity contribution >= 4 is 16.9 Å². The first-order valence-corrected chi connectivity index (χ1v) is 11.2. The highest BCUT2D eigenvalue weighted by atomic mass is 16.5. The second-order valence-electron chi connectivity index (χ2n) is 8.32. The Hall–Kier alpha value is -3.38. The van der Waals surface area contributed by atoms with E-state index >= 15 is 0 Å². The third kappa shape index (κ3) is 4.92. The molecular weight excluding hydrogens is 398 g/mol. The van der Waals surface area contributed by atoms with Gasteiger partial charge >= 0.3 is 0 Å². The zero-order valence-corrected chi connectivity index (χ0v) is 19.0. The number of nitrogens with zero attached hydrogens (tertiary/aromatic N) is 3. The Labute approximate surface area is 189 Å². The molecule has 2 aromatic heterocycles. The maximum absolute atomic E-state index is 6.03. The average molecular weight is 430 g/mol. The van der Waals surface area contributed by atoms with E-state index in [1.807, 2.05) is 18.5 Å². The standard InChI is InChI=1S/C26H31N5O/c1-4-22(27)16-32-24-14-23(25-26(30-24)31(17-29-25)18(2)3)28-15-19-10-12-21(13-11-19)20-8-6-5-7-9-20/h5-14,17-18,22H,4,15-16,27H2,1-3H3,(H,28,30)/t22-/m0/s1. The molecule has 4 rings (SSSR count). The van der Waals surface area contributed by atoms with Gasteiger partial charge in [0.1, 0.15) is 12.1 Å². The Bertz CT molecular complexity index is 1150. The van der Waals surface area contributed by atoms with Crippen molar-refractivity contribution in [2.45, 2.75) is 45.8 Å². The quantitative estimate of drug-likeness (QED) is 0.372. The summed E-state index contributed by atoms with van der Waals surface area (Å²) in [5.74, 6) is 0.561. The van der Waals surface area contributed by atoms with Crippen molar-refractivity contribution in [3.05, 3.63) is 72.6 Å². The molecule has 1 atom stereocenters. The fraction of sp³-hybridized carbons (Fsp3) is 0.308. The number of aromatic nitrogens is 3. The molecule has 32 heavy (non-hydrogen) atoms. The Kier molecular flexibility index (Phi) is 6.71. The van der Waals surface area contributed by atoms with Crippen LogP contribution in [0, 0.1) is 0 Å². The molecule has 0 unspecified atom stereocenters. The predicted molar refractivity (Wildman–Crippen MR) is 131 cm³/mol. The molecule has 6 heteroatoms. The van der Waals surface area contributed by atoms with Crippen LogP contribution in [-0.2, 0) is 6.54 Å². The maximum Gasteiger partial charge on any atom is 0.217 e. The highest BCUT2D eigenvalue weighted by molar-refractivity contribution is 5.86. The predicted octanol–water partition coefficient (Wildman–Crippen LogP) is 5.41. The molecule has 2 aromatic carbocycles. The highest BCUT2D eigenvalue weighted by Crippen LogP contribution is 2.28. The summed E-state index contributed by atoms with van der Waals surface area (Å²) in [6, 6.07) is 21.2. The van der Waals surface area contributed by atoms with Crippen LogP contribution in [0.15, 0.2) is 67.0 Å². The van der Waals surface area contributed by atoms with Crippen molar-refractivity contribution in [3.8, 4) is 17.0 Å². The summed E-state index contributed by atoms with van der Waals surface area (Å²) in [5.41, 5.74) is 12.2. The van der Waals surface area contributed by atoms with Gasteiger partial charge in [-0.25, -0.2) is 4.98 Å². The molecule has 0 fully saturated rings. The molecule has 0 aliphatic carbocycles. The van der Waals surface area contributed by atoms with E-state index < -0.39 is 0 Å². The van der Waals surface area contributed by atoms with Gasteiger partial charge in [-0.3, -0.25) is 0 Å². The highest BCUT2D eigenvalue weighted by Gasteiger charge is 2.15. The molecule has 0 bridgehead atoms. The van der Waals surface area contributed by atoms with E-state index in [1.165, 1.54) is 16.7 Å². The Morgan fingerprint density at radius 3 is 2.44 bits per heavy atom. The van der Waals surface area contributed by atoms with Gasteiger partial charge in [-0.05, 0) is 37.0 Å². The van der Waals surface area contributed by atoms with Crippen molar-refractivity contribution in [1.82, 2.24) is 14.5 Å². The number of ether oxygens (including phenoxy) is 1. The summed E-state index contributed by atoms with van der Waals surface area (Å²) in [7, 11) is 0. The number of nitrogens with two attached hydrogens (primary N) is 1. The summed E-state index contributed by atoms with van der Waals surface area (Å²) in [6.45, 7) is 7.39. The zero-order valence-electron chi connectivity index (χ0n) is 19.0. The number of fused-ring (bicyclic) bond motifs is 1. The van der Waals surface area contributed by atoms with Crippen LogP contribution >= 0.6 is 0 Å². The van der Waals surface area contributed by atoms with Crippen molar-refractivity contribution in [2.75, 3.05) is 11.9 Å². The van der Waals surface area contributed by atoms with Crippen LogP contribution in [0.1, 0.15) is 38.8 Å². The second-order valence-corrected chi connectivity index (χ2v) is 8.32. The van der Waals surface area contributed by atoms with E-state index in [0.29, 0.717) is 19.0 Å². The Balaban J connectivity index is 1.56. The molecule has 0 radical (unpaired) electrons. The lowest BCUT2D eigenvalue weighted by Crippen LogP contribution is -2.26. The molecule has 0 spiro atoms. The van der Waals surface area contributed by atoms with Gasteiger partial charge in [-0.1, -0.05) is 61.5 Å². The summed E-state index contributed by atoms with van der Waals surface area (Å²) < 4.78 is 7.97. The number of benzene rings is 2. The fourth-order valence-corrected chi connectivity index (χ4v) is 3.52. The minimum Gasteiger partial charge on any atom is -0.476 e. The summed E-state index contributed by atoms with van der Waals surface area (Å²) in [6.07, 6.45) is 2.69. The molecule has 0 saturated carbocycles. The number of pyridine rings is 1.